The number of anilines is 2. The maximum atomic E-state index is 12.3. The van der Waals surface area contributed by atoms with Crippen molar-refractivity contribution in [2.24, 2.45) is 0 Å². The molecule has 5 nitrogen and oxygen atoms in total. The highest BCUT2D eigenvalue weighted by Gasteiger charge is 2.06. The van der Waals surface area contributed by atoms with E-state index < -0.39 is 0 Å². The molecule has 0 bridgehead atoms. The Morgan fingerprint density at radius 2 is 1.70 bits per heavy atom. The lowest BCUT2D eigenvalue weighted by molar-refractivity contribution is -0.114. The van der Waals surface area contributed by atoms with Crippen molar-refractivity contribution in [1.82, 2.24) is 0 Å². The molecule has 0 spiro atoms. The molecular formula is C27H28N2O3S. The quantitative estimate of drug-likeness (QED) is 0.202. The molecule has 2 amide bonds. The van der Waals surface area contributed by atoms with Crippen LogP contribution in [0.4, 0.5) is 11.4 Å². The Morgan fingerprint density at radius 3 is 2.45 bits per heavy atom. The number of ether oxygens (including phenoxy) is 1. The monoisotopic (exact) mass is 460 g/mol. The first kappa shape index (κ1) is 24.1. The minimum atomic E-state index is -0.208. The predicted octanol–water partition coefficient (Wildman–Crippen LogP) is 6.25. The van der Waals surface area contributed by atoms with E-state index in [1.807, 2.05) is 78.9 Å². The fourth-order valence-corrected chi connectivity index (χ4v) is 3.65. The Bertz CT molecular complexity index is 1070. The van der Waals surface area contributed by atoms with Crippen LogP contribution in [-0.4, -0.2) is 24.2 Å². The van der Waals surface area contributed by atoms with Crippen molar-refractivity contribution in [2.75, 3.05) is 23.0 Å². The molecule has 0 unspecified atom stereocenters. The number of nitrogens with one attached hydrogen (secondary N) is 2. The molecule has 3 aromatic rings. The number of carbonyl (C=O) groups is 2. The van der Waals surface area contributed by atoms with Crippen molar-refractivity contribution >= 4 is 41.0 Å². The van der Waals surface area contributed by atoms with Crippen LogP contribution in [0.25, 0.3) is 6.08 Å². The number of amides is 2. The predicted molar refractivity (Wildman–Crippen MR) is 137 cm³/mol. The molecule has 3 rings (SSSR count). The van der Waals surface area contributed by atoms with Gasteiger partial charge < -0.3 is 15.4 Å². The van der Waals surface area contributed by atoms with Gasteiger partial charge in [-0.05, 0) is 60.5 Å². The highest BCUT2D eigenvalue weighted by molar-refractivity contribution is 8.00. The van der Waals surface area contributed by atoms with Gasteiger partial charge in [0.25, 0.3) is 0 Å². The smallest absolute Gasteiger partial charge is 0.248 e. The Balaban J connectivity index is 1.45. The summed E-state index contributed by atoms with van der Waals surface area (Å²) in [6, 6.07) is 24.5. The van der Waals surface area contributed by atoms with Gasteiger partial charge in [-0.3, -0.25) is 9.59 Å². The number of rotatable bonds is 11. The van der Waals surface area contributed by atoms with Gasteiger partial charge in [0.05, 0.1) is 12.4 Å². The van der Waals surface area contributed by atoms with Gasteiger partial charge in [0.15, 0.2) is 0 Å². The summed E-state index contributed by atoms with van der Waals surface area (Å²) in [5, 5.41) is 5.74. The molecule has 0 fully saturated rings. The molecular weight excluding hydrogens is 432 g/mol. The van der Waals surface area contributed by atoms with Gasteiger partial charge in [-0.2, -0.15) is 0 Å². The molecule has 0 aromatic heterocycles. The SMILES string of the molecule is CCCCOc1ccc(NC(=O)CSc2cccc(NC(=O)/C=C/c3ccccc3)c2)cc1. The molecule has 0 aliphatic carbocycles. The van der Waals surface area contributed by atoms with Gasteiger partial charge in [0.1, 0.15) is 5.75 Å². The summed E-state index contributed by atoms with van der Waals surface area (Å²) in [6.07, 6.45) is 5.38. The van der Waals surface area contributed by atoms with Crippen LogP contribution in [-0.2, 0) is 9.59 Å². The van der Waals surface area contributed by atoms with Gasteiger partial charge in [0.2, 0.25) is 11.8 Å². The molecule has 0 aliphatic rings. The van der Waals surface area contributed by atoms with E-state index in [1.54, 1.807) is 6.08 Å². The second-order valence-electron chi connectivity index (χ2n) is 7.32. The van der Waals surface area contributed by atoms with E-state index >= 15 is 0 Å². The number of carbonyl (C=O) groups excluding carboxylic acids is 2. The average molecular weight is 461 g/mol. The van der Waals surface area contributed by atoms with Gasteiger partial charge in [0, 0.05) is 22.3 Å². The maximum Gasteiger partial charge on any atom is 0.248 e. The summed E-state index contributed by atoms with van der Waals surface area (Å²) in [5.41, 5.74) is 2.37. The maximum absolute atomic E-state index is 12.3. The Hall–Kier alpha value is -3.51. The zero-order valence-corrected chi connectivity index (χ0v) is 19.4. The van der Waals surface area contributed by atoms with Gasteiger partial charge in [-0.1, -0.05) is 49.7 Å². The summed E-state index contributed by atoms with van der Waals surface area (Å²) < 4.78 is 5.64. The minimum Gasteiger partial charge on any atom is -0.494 e. The summed E-state index contributed by atoms with van der Waals surface area (Å²) in [5.74, 6) is 0.758. The molecule has 33 heavy (non-hydrogen) atoms. The summed E-state index contributed by atoms with van der Waals surface area (Å²) in [6.45, 7) is 2.82. The van der Waals surface area contributed by atoms with Crippen LogP contribution in [0.5, 0.6) is 5.75 Å². The second kappa shape index (κ2) is 13.1. The van der Waals surface area contributed by atoms with Crippen LogP contribution in [0.15, 0.2) is 89.8 Å². The standard InChI is InChI=1S/C27H28N2O3S/c1-2-3-18-32-24-15-13-22(14-16-24)28-27(31)20-33-25-11-7-10-23(19-25)29-26(30)17-12-21-8-5-4-6-9-21/h4-17,19H,2-3,18,20H2,1H3,(H,28,31)(H,29,30)/b17-12+. The van der Waals surface area contributed by atoms with Gasteiger partial charge in [-0.25, -0.2) is 0 Å². The number of hydrogen-bond donors (Lipinski definition) is 2. The van der Waals surface area contributed by atoms with Crippen LogP contribution in [0, 0.1) is 0 Å². The summed E-state index contributed by atoms with van der Waals surface area (Å²) >= 11 is 1.41. The van der Waals surface area contributed by atoms with E-state index in [0.717, 1.165) is 34.7 Å². The Morgan fingerprint density at radius 1 is 0.909 bits per heavy atom. The summed E-state index contributed by atoms with van der Waals surface area (Å²) in [4.78, 5) is 25.4. The fourth-order valence-electron chi connectivity index (χ4n) is 2.90. The van der Waals surface area contributed by atoms with Crippen molar-refractivity contribution in [3.63, 3.8) is 0 Å². The lowest BCUT2D eigenvalue weighted by Crippen LogP contribution is -2.14. The topological polar surface area (TPSA) is 67.4 Å². The molecule has 170 valence electrons. The molecule has 0 saturated heterocycles. The van der Waals surface area contributed by atoms with Crippen molar-refractivity contribution < 1.29 is 14.3 Å². The first-order chi connectivity index (χ1) is 16.1. The first-order valence-electron chi connectivity index (χ1n) is 10.9. The van der Waals surface area contributed by atoms with E-state index in [0.29, 0.717) is 12.3 Å². The lowest BCUT2D eigenvalue weighted by Gasteiger charge is -2.09. The third-order valence-corrected chi connectivity index (χ3v) is 5.60. The highest BCUT2D eigenvalue weighted by Crippen LogP contribution is 2.22. The van der Waals surface area contributed by atoms with Crippen LogP contribution in [0.3, 0.4) is 0 Å². The fraction of sp³-hybridized carbons (Fsp3) is 0.185. The highest BCUT2D eigenvalue weighted by atomic mass is 32.2. The van der Waals surface area contributed by atoms with Crippen LogP contribution < -0.4 is 15.4 Å². The average Bonchev–Trinajstić information content (AvgIpc) is 2.84. The van der Waals surface area contributed by atoms with Crippen molar-refractivity contribution in [1.29, 1.82) is 0 Å². The lowest BCUT2D eigenvalue weighted by atomic mass is 10.2. The number of thioether (sulfide) groups is 1. The van der Waals surface area contributed by atoms with Crippen molar-refractivity contribution in [3.05, 3.63) is 90.5 Å². The van der Waals surface area contributed by atoms with E-state index in [1.165, 1.54) is 17.8 Å². The number of hydrogen-bond acceptors (Lipinski definition) is 4. The van der Waals surface area contributed by atoms with Crippen LogP contribution in [0.1, 0.15) is 25.3 Å². The largest absolute Gasteiger partial charge is 0.494 e. The molecule has 0 heterocycles. The number of benzene rings is 3. The van der Waals surface area contributed by atoms with Gasteiger partial charge in [-0.15, -0.1) is 11.8 Å². The minimum absolute atomic E-state index is 0.0973. The Kier molecular flexibility index (Phi) is 9.61. The van der Waals surface area contributed by atoms with Crippen LogP contribution >= 0.6 is 11.8 Å². The van der Waals surface area contributed by atoms with E-state index in [-0.39, 0.29) is 17.6 Å². The third-order valence-electron chi connectivity index (χ3n) is 4.60. The first-order valence-corrected chi connectivity index (χ1v) is 11.9. The molecule has 0 saturated carbocycles. The van der Waals surface area contributed by atoms with E-state index in [4.69, 9.17) is 4.74 Å². The molecule has 2 N–H and O–H groups in total. The molecule has 6 heteroatoms. The van der Waals surface area contributed by atoms with Gasteiger partial charge >= 0.3 is 0 Å². The van der Waals surface area contributed by atoms with E-state index in [2.05, 4.69) is 17.6 Å². The van der Waals surface area contributed by atoms with Crippen LogP contribution in [0.2, 0.25) is 0 Å². The van der Waals surface area contributed by atoms with Crippen molar-refractivity contribution in [2.45, 2.75) is 24.7 Å². The molecule has 0 radical (unpaired) electrons. The normalized spacial score (nSPS) is 10.7. The Labute approximate surface area is 199 Å². The molecule has 3 aromatic carbocycles. The third kappa shape index (κ3) is 8.86. The number of unbranched alkanes of at least 4 members (excludes halogenated alkanes) is 1. The zero-order chi connectivity index (χ0) is 23.3. The zero-order valence-electron chi connectivity index (χ0n) is 18.6. The summed E-state index contributed by atoms with van der Waals surface area (Å²) in [7, 11) is 0. The molecule has 0 aliphatic heterocycles. The van der Waals surface area contributed by atoms with E-state index in [9.17, 15) is 9.59 Å². The molecule has 0 atom stereocenters. The van der Waals surface area contributed by atoms with Crippen molar-refractivity contribution in [3.8, 4) is 5.75 Å². The second-order valence-corrected chi connectivity index (χ2v) is 8.37.